The van der Waals surface area contributed by atoms with Crippen LogP contribution >= 0.6 is 23.2 Å². The number of halogens is 3. The normalized spacial score (nSPS) is 13.9. The molecule has 186 valence electrons. The van der Waals surface area contributed by atoms with Gasteiger partial charge in [0.05, 0.1) is 17.7 Å². The molecule has 1 fully saturated rings. The first-order valence-corrected chi connectivity index (χ1v) is 11.9. The minimum absolute atomic E-state index is 0.0177. The minimum atomic E-state index is -0.601. The molecule has 3 aromatic heterocycles. The SMILES string of the molecule is COc1ccnc(N2CCN(C(=O)c3cc(Cc4c[nH]c(=O)c5cc(Cl)c(Cl)n45)ccc3F)CC2)n1. The number of hydrogen-bond acceptors (Lipinski definition) is 6. The van der Waals surface area contributed by atoms with E-state index in [4.69, 9.17) is 27.9 Å². The number of piperazine rings is 1. The molecule has 1 amide bonds. The van der Waals surface area contributed by atoms with E-state index in [1.54, 1.807) is 27.6 Å². The van der Waals surface area contributed by atoms with Crippen molar-refractivity contribution in [3.8, 4) is 5.88 Å². The third-order valence-corrected chi connectivity index (χ3v) is 6.87. The largest absolute Gasteiger partial charge is 0.481 e. The third-order valence-electron chi connectivity index (χ3n) is 6.11. The smallest absolute Gasteiger partial charge is 0.272 e. The van der Waals surface area contributed by atoms with Gasteiger partial charge >= 0.3 is 0 Å². The monoisotopic (exact) mass is 530 g/mol. The van der Waals surface area contributed by atoms with E-state index in [1.165, 1.54) is 31.5 Å². The quantitative estimate of drug-likeness (QED) is 0.424. The summed E-state index contributed by atoms with van der Waals surface area (Å²) in [4.78, 5) is 40.2. The number of rotatable bonds is 5. The second kappa shape index (κ2) is 9.79. The van der Waals surface area contributed by atoms with Crippen molar-refractivity contribution < 1.29 is 13.9 Å². The summed E-state index contributed by atoms with van der Waals surface area (Å²) in [5.74, 6) is -0.0172. The van der Waals surface area contributed by atoms with Crippen LogP contribution in [-0.2, 0) is 6.42 Å². The highest BCUT2D eigenvalue weighted by Crippen LogP contribution is 2.27. The zero-order valence-corrected chi connectivity index (χ0v) is 20.7. The highest BCUT2D eigenvalue weighted by atomic mass is 35.5. The molecule has 4 heterocycles. The molecule has 0 bridgehead atoms. The van der Waals surface area contributed by atoms with Crippen LogP contribution in [0.25, 0.3) is 5.52 Å². The Morgan fingerprint density at radius 3 is 2.69 bits per heavy atom. The molecule has 12 heteroatoms. The van der Waals surface area contributed by atoms with Gasteiger partial charge in [-0.25, -0.2) is 9.37 Å². The molecule has 1 aliphatic heterocycles. The Morgan fingerprint density at radius 1 is 1.17 bits per heavy atom. The fourth-order valence-corrected chi connectivity index (χ4v) is 4.70. The van der Waals surface area contributed by atoms with E-state index in [9.17, 15) is 14.0 Å². The predicted octanol–water partition coefficient (Wildman–Crippen LogP) is 3.43. The average molecular weight is 531 g/mol. The summed E-state index contributed by atoms with van der Waals surface area (Å²) in [6.07, 6.45) is 3.44. The summed E-state index contributed by atoms with van der Waals surface area (Å²) in [5.41, 5.74) is 1.27. The number of nitrogens with zero attached hydrogens (tertiary/aromatic N) is 5. The molecule has 1 N–H and O–H groups in total. The van der Waals surface area contributed by atoms with Crippen molar-refractivity contribution in [2.24, 2.45) is 0 Å². The summed E-state index contributed by atoms with van der Waals surface area (Å²) in [7, 11) is 1.54. The Labute approximate surface area is 215 Å². The first-order chi connectivity index (χ1) is 17.4. The predicted molar refractivity (Wildman–Crippen MR) is 134 cm³/mol. The standard InChI is InChI=1S/C24H21Cl2FN6O3/c1-36-20-4-5-28-24(30-20)32-8-6-31(7-9-32)23(35)16-11-14(2-3-18(16)27)10-15-13-29-22(34)19-12-17(25)21(26)33(15)19/h2-5,11-13H,6-10H2,1H3,(H,29,34). The van der Waals surface area contributed by atoms with Crippen molar-refractivity contribution in [2.75, 3.05) is 38.2 Å². The van der Waals surface area contributed by atoms with Crippen molar-refractivity contribution >= 4 is 40.6 Å². The topological polar surface area (TPSA) is 95.8 Å². The van der Waals surface area contributed by atoms with Crippen LogP contribution in [0.15, 0.2) is 47.5 Å². The van der Waals surface area contributed by atoms with Gasteiger partial charge in [0, 0.05) is 56.8 Å². The number of H-pyrrole nitrogens is 1. The number of aromatic amines is 1. The van der Waals surface area contributed by atoms with Crippen molar-refractivity contribution in [1.82, 2.24) is 24.3 Å². The number of nitrogens with one attached hydrogen (secondary N) is 1. The second-order valence-corrected chi connectivity index (χ2v) is 9.05. The molecule has 4 aromatic rings. The average Bonchev–Trinajstić information content (AvgIpc) is 3.21. The Morgan fingerprint density at radius 2 is 1.94 bits per heavy atom. The van der Waals surface area contributed by atoms with E-state index in [2.05, 4.69) is 15.0 Å². The van der Waals surface area contributed by atoms with Crippen LogP contribution in [0.4, 0.5) is 10.3 Å². The van der Waals surface area contributed by atoms with Crippen molar-refractivity contribution in [3.63, 3.8) is 0 Å². The molecule has 0 atom stereocenters. The molecule has 0 spiro atoms. The van der Waals surface area contributed by atoms with Crippen LogP contribution in [0.1, 0.15) is 21.6 Å². The van der Waals surface area contributed by atoms with E-state index >= 15 is 0 Å². The molecule has 36 heavy (non-hydrogen) atoms. The van der Waals surface area contributed by atoms with Gasteiger partial charge in [0.2, 0.25) is 11.8 Å². The summed E-state index contributed by atoms with van der Waals surface area (Å²) in [5, 5.41) is 0.465. The van der Waals surface area contributed by atoms with Gasteiger partial charge in [-0.1, -0.05) is 29.3 Å². The zero-order valence-electron chi connectivity index (χ0n) is 19.2. The molecular formula is C24H21Cl2FN6O3. The third kappa shape index (κ3) is 4.49. The Hall–Kier alpha value is -3.63. The summed E-state index contributed by atoms with van der Waals surface area (Å²) in [6.45, 7) is 1.78. The summed E-state index contributed by atoms with van der Waals surface area (Å²) < 4.78 is 21.4. The molecule has 5 rings (SSSR count). The highest BCUT2D eigenvalue weighted by Gasteiger charge is 2.26. The van der Waals surface area contributed by atoms with Crippen molar-refractivity contribution in [2.45, 2.75) is 6.42 Å². The number of hydrogen-bond donors (Lipinski definition) is 1. The van der Waals surface area contributed by atoms with Gasteiger partial charge < -0.3 is 19.5 Å². The number of benzene rings is 1. The second-order valence-electron chi connectivity index (χ2n) is 8.28. The lowest BCUT2D eigenvalue weighted by atomic mass is 10.0. The maximum atomic E-state index is 14.7. The molecule has 0 aliphatic carbocycles. The van der Waals surface area contributed by atoms with E-state index < -0.39 is 11.7 Å². The molecule has 1 aromatic carbocycles. The van der Waals surface area contributed by atoms with Crippen LogP contribution in [0, 0.1) is 5.82 Å². The van der Waals surface area contributed by atoms with Gasteiger partial charge in [0.1, 0.15) is 16.5 Å². The van der Waals surface area contributed by atoms with E-state index in [0.29, 0.717) is 61.2 Å². The fraction of sp³-hybridized carbons (Fsp3) is 0.250. The Bertz CT molecular complexity index is 1510. The maximum absolute atomic E-state index is 14.7. The number of aromatic nitrogens is 4. The number of anilines is 1. The van der Waals surface area contributed by atoms with E-state index in [-0.39, 0.29) is 21.3 Å². The molecule has 0 saturated carbocycles. The van der Waals surface area contributed by atoms with Gasteiger partial charge in [-0.05, 0) is 23.8 Å². The maximum Gasteiger partial charge on any atom is 0.272 e. The Kier molecular flexibility index (Phi) is 6.55. The van der Waals surface area contributed by atoms with Crippen LogP contribution in [-0.4, -0.2) is 63.4 Å². The fourth-order valence-electron chi connectivity index (χ4n) is 4.26. The zero-order chi connectivity index (χ0) is 25.4. The number of carbonyl (C=O) groups excluding carboxylic acids is 1. The van der Waals surface area contributed by atoms with Crippen LogP contribution in [0.3, 0.4) is 0 Å². The molecule has 0 unspecified atom stereocenters. The number of fused-ring (bicyclic) bond motifs is 1. The van der Waals surface area contributed by atoms with Gasteiger partial charge in [-0.2, -0.15) is 4.98 Å². The number of ether oxygens (including phenoxy) is 1. The van der Waals surface area contributed by atoms with Crippen molar-refractivity contribution in [3.05, 3.63) is 85.9 Å². The number of methoxy groups -OCH3 is 1. The van der Waals surface area contributed by atoms with Crippen LogP contribution in [0.5, 0.6) is 5.88 Å². The lowest BCUT2D eigenvalue weighted by Crippen LogP contribution is -2.49. The molecular weight excluding hydrogens is 510 g/mol. The molecule has 9 nitrogen and oxygen atoms in total. The lowest BCUT2D eigenvalue weighted by Gasteiger charge is -2.34. The van der Waals surface area contributed by atoms with Gasteiger partial charge in [-0.15, -0.1) is 0 Å². The van der Waals surface area contributed by atoms with Crippen LogP contribution < -0.4 is 15.2 Å². The summed E-state index contributed by atoms with van der Waals surface area (Å²) in [6, 6.07) is 7.55. The van der Waals surface area contributed by atoms with Gasteiger partial charge in [-0.3, -0.25) is 14.0 Å². The number of carbonyl (C=O) groups is 1. The van der Waals surface area contributed by atoms with Crippen LogP contribution in [0.2, 0.25) is 10.2 Å². The summed E-state index contributed by atoms with van der Waals surface area (Å²) >= 11 is 12.4. The van der Waals surface area contributed by atoms with Gasteiger partial charge in [0.15, 0.2) is 0 Å². The van der Waals surface area contributed by atoms with E-state index in [0.717, 1.165) is 0 Å². The first-order valence-electron chi connectivity index (χ1n) is 11.1. The lowest BCUT2D eigenvalue weighted by molar-refractivity contribution is 0.0741. The highest BCUT2D eigenvalue weighted by molar-refractivity contribution is 6.42. The first kappa shape index (κ1) is 24.1. The van der Waals surface area contributed by atoms with Gasteiger partial charge in [0.25, 0.3) is 11.5 Å². The number of amides is 1. The van der Waals surface area contributed by atoms with E-state index in [1.807, 2.05) is 4.90 Å². The Balaban J connectivity index is 1.34. The molecule has 0 radical (unpaired) electrons. The van der Waals surface area contributed by atoms with Crippen molar-refractivity contribution in [1.29, 1.82) is 0 Å². The molecule has 1 saturated heterocycles. The minimum Gasteiger partial charge on any atom is -0.481 e. The molecule has 1 aliphatic rings.